The van der Waals surface area contributed by atoms with Gasteiger partial charge in [0.05, 0.1) is 12.8 Å². The number of ether oxygens (including phenoxy) is 1. The van der Waals surface area contributed by atoms with Crippen LogP contribution in [0.1, 0.15) is 6.42 Å². The summed E-state index contributed by atoms with van der Waals surface area (Å²) in [5.41, 5.74) is 1.21. The molecule has 0 radical (unpaired) electrons. The van der Waals surface area contributed by atoms with Gasteiger partial charge in [-0.15, -0.1) is 12.4 Å². The SMILES string of the molecule is COc1ccccc1N1CCCNCC1.Cl. The lowest BCUT2D eigenvalue weighted by atomic mass is 10.2. The molecule has 90 valence electrons. The first-order valence-electron chi connectivity index (χ1n) is 5.50. The third-order valence-electron chi connectivity index (χ3n) is 2.77. The number of methoxy groups -OCH3 is 1. The van der Waals surface area contributed by atoms with Crippen LogP contribution in [0.5, 0.6) is 5.75 Å². The molecule has 0 bridgehead atoms. The van der Waals surface area contributed by atoms with E-state index in [1.54, 1.807) is 7.11 Å². The second-order valence-electron chi connectivity index (χ2n) is 3.76. The molecule has 0 atom stereocenters. The predicted molar refractivity (Wildman–Crippen MR) is 69.9 cm³/mol. The summed E-state index contributed by atoms with van der Waals surface area (Å²) in [6.45, 7) is 4.33. The average Bonchev–Trinajstić information content (AvgIpc) is 2.57. The monoisotopic (exact) mass is 242 g/mol. The van der Waals surface area contributed by atoms with Crippen LogP contribution in [0.2, 0.25) is 0 Å². The number of hydrogen-bond donors (Lipinski definition) is 1. The van der Waals surface area contributed by atoms with E-state index >= 15 is 0 Å². The molecule has 2 rings (SSSR count). The molecule has 0 unspecified atom stereocenters. The molecule has 1 saturated heterocycles. The fraction of sp³-hybridized carbons (Fsp3) is 0.500. The molecular weight excluding hydrogens is 224 g/mol. The molecule has 1 fully saturated rings. The van der Waals surface area contributed by atoms with Crippen molar-refractivity contribution < 1.29 is 4.74 Å². The largest absolute Gasteiger partial charge is 0.495 e. The van der Waals surface area contributed by atoms with Crippen molar-refractivity contribution in [2.24, 2.45) is 0 Å². The first-order valence-corrected chi connectivity index (χ1v) is 5.50. The molecule has 0 amide bonds. The topological polar surface area (TPSA) is 24.5 Å². The lowest BCUT2D eigenvalue weighted by Crippen LogP contribution is -2.28. The van der Waals surface area contributed by atoms with Crippen LogP contribution in [0.15, 0.2) is 24.3 Å². The van der Waals surface area contributed by atoms with Gasteiger partial charge >= 0.3 is 0 Å². The maximum absolute atomic E-state index is 5.38. The number of benzene rings is 1. The van der Waals surface area contributed by atoms with Crippen LogP contribution in [-0.4, -0.2) is 33.3 Å². The molecule has 3 nitrogen and oxygen atoms in total. The van der Waals surface area contributed by atoms with E-state index in [9.17, 15) is 0 Å². The highest BCUT2D eigenvalue weighted by Gasteiger charge is 2.12. The third kappa shape index (κ3) is 3.03. The number of nitrogens with zero attached hydrogens (tertiary/aromatic N) is 1. The van der Waals surface area contributed by atoms with Gasteiger partial charge < -0.3 is 15.0 Å². The van der Waals surface area contributed by atoms with Crippen molar-refractivity contribution in [3.8, 4) is 5.75 Å². The maximum Gasteiger partial charge on any atom is 0.142 e. The molecule has 1 aliphatic rings. The predicted octanol–water partition coefficient (Wildman–Crippen LogP) is 1.92. The van der Waals surface area contributed by atoms with Crippen LogP contribution in [0.25, 0.3) is 0 Å². The van der Waals surface area contributed by atoms with Gasteiger partial charge in [0.25, 0.3) is 0 Å². The van der Waals surface area contributed by atoms with Crippen LogP contribution in [0, 0.1) is 0 Å². The molecule has 0 saturated carbocycles. The highest BCUT2D eigenvalue weighted by Crippen LogP contribution is 2.27. The quantitative estimate of drug-likeness (QED) is 0.858. The fourth-order valence-corrected chi connectivity index (χ4v) is 1.98. The number of nitrogens with one attached hydrogen (secondary N) is 1. The zero-order valence-corrected chi connectivity index (χ0v) is 10.4. The second-order valence-corrected chi connectivity index (χ2v) is 3.76. The lowest BCUT2D eigenvalue weighted by molar-refractivity contribution is 0.414. The summed E-state index contributed by atoms with van der Waals surface area (Å²) in [7, 11) is 1.73. The van der Waals surface area contributed by atoms with E-state index in [4.69, 9.17) is 4.74 Å². The van der Waals surface area contributed by atoms with Crippen molar-refractivity contribution in [2.75, 3.05) is 38.2 Å². The Morgan fingerprint density at radius 2 is 2.00 bits per heavy atom. The van der Waals surface area contributed by atoms with Gasteiger partial charge in [0.1, 0.15) is 5.75 Å². The van der Waals surface area contributed by atoms with Crippen molar-refractivity contribution >= 4 is 18.1 Å². The highest BCUT2D eigenvalue weighted by molar-refractivity contribution is 5.85. The minimum Gasteiger partial charge on any atom is -0.495 e. The van der Waals surface area contributed by atoms with Gasteiger partial charge in [-0.25, -0.2) is 0 Å². The van der Waals surface area contributed by atoms with Gasteiger partial charge in [0.2, 0.25) is 0 Å². The van der Waals surface area contributed by atoms with E-state index in [0.29, 0.717) is 0 Å². The normalized spacial score (nSPS) is 16.2. The zero-order valence-electron chi connectivity index (χ0n) is 9.61. The van der Waals surface area contributed by atoms with Crippen molar-refractivity contribution in [1.29, 1.82) is 0 Å². The number of rotatable bonds is 2. The Morgan fingerprint density at radius 1 is 1.19 bits per heavy atom. The Morgan fingerprint density at radius 3 is 2.81 bits per heavy atom. The Bertz CT molecular complexity index is 312. The molecular formula is C12H19ClN2O. The number of hydrogen-bond acceptors (Lipinski definition) is 3. The van der Waals surface area contributed by atoms with Crippen molar-refractivity contribution in [3.63, 3.8) is 0 Å². The minimum atomic E-state index is 0. The van der Waals surface area contributed by atoms with Gasteiger partial charge in [0.15, 0.2) is 0 Å². The minimum absolute atomic E-state index is 0. The first-order chi connectivity index (χ1) is 7.42. The molecule has 4 heteroatoms. The molecule has 1 aromatic carbocycles. The van der Waals surface area contributed by atoms with Crippen LogP contribution >= 0.6 is 12.4 Å². The lowest BCUT2D eigenvalue weighted by Gasteiger charge is -2.24. The van der Waals surface area contributed by atoms with Crippen LogP contribution in [0.3, 0.4) is 0 Å². The fourth-order valence-electron chi connectivity index (χ4n) is 1.98. The van der Waals surface area contributed by atoms with Crippen molar-refractivity contribution in [2.45, 2.75) is 6.42 Å². The van der Waals surface area contributed by atoms with Gasteiger partial charge in [-0.1, -0.05) is 12.1 Å². The van der Waals surface area contributed by atoms with Gasteiger partial charge in [-0.05, 0) is 25.1 Å². The Labute approximate surface area is 103 Å². The second kappa shape index (κ2) is 6.61. The Hall–Kier alpha value is -0.930. The summed E-state index contributed by atoms with van der Waals surface area (Å²) in [5.74, 6) is 0.972. The molecule has 1 heterocycles. The first kappa shape index (κ1) is 13.1. The number of para-hydroxylation sites is 2. The number of anilines is 1. The highest BCUT2D eigenvalue weighted by atomic mass is 35.5. The van der Waals surface area contributed by atoms with E-state index < -0.39 is 0 Å². The summed E-state index contributed by atoms with van der Waals surface area (Å²) >= 11 is 0. The van der Waals surface area contributed by atoms with E-state index in [1.165, 1.54) is 12.1 Å². The van der Waals surface area contributed by atoms with E-state index in [1.807, 2.05) is 12.1 Å². The summed E-state index contributed by atoms with van der Waals surface area (Å²) in [6, 6.07) is 8.23. The van der Waals surface area contributed by atoms with E-state index in [2.05, 4.69) is 22.3 Å². The smallest absolute Gasteiger partial charge is 0.142 e. The number of halogens is 1. The molecule has 16 heavy (non-hydrogen) atoms. The van der Waals surface area contributed by atoms with Gasteiger partial charge in [-0.2, -0.15) is 0 Å². The molecule has 0 spiro atoms. The van der Waals surface area contributed by atoms with Crippen molar-refractivity contribution in [1.82, 2.24) is 5.32 Å². The maximum atomic E-state index is 5.38. The van der Waals surface area contributed by atoms with Crippen LogP contribution < -0.4 is 15.0 Å². The summed E-state index contributed by atoms with van der Waals surface area (Å²) in [6.07, 6.45) is 1.19. The average molecular weight is 243 g/mol. The van der Waals surface area contributed by atoms with E-state index in [0.717, 1.165) is 31.9 Å². The third-order valence-corrected chi connectivity index (χ3v) is 2.77. The van der Waals surface area contributed by atoms with E-state index in [-0.39, 0.29) is 12.4 Å². The molecule has 0 aromatic heterocycles. The summed E-state index contributed by atoms with van der Waals surface area (Å²) in [4.78, 5) is 2.39. The Balaban J connectivity index is 0.00000128. The Kier molecular flexibility index (Phi) is 5.43. The van der Waals surface area contributed by atoms with Crippen LogP contribution in [-0.2, 0) is 0 Å². The van der Waals surface area contributed by atoms with Crippen LogP contribution in [0.4, 0.5) is 5.69 Å². The van der Waals surface area contributed by atoms with Gasteiger partial charge in [0, 0.05) is 19.6 Å². The van der Waals surface area contributed by atoms with Crippen molar-refractivity contribution in [3.05, 3.63) is 24.3 Å². The van der Waals surface area contributed by atoms with Gasteiger partial charge in [-0.3, -0.25) is 0 Å². The molecule has 1 aromatic rings. The summed E-state index contributed by atoms with van der Waals surface area (Å²) in [5, 5.41) is 3.40. The standard InChI is InChI=1S/C12H18N2O.ClH/c1-15-12-6-3-2-5-11(12)14-9-4-7-13-8-10-14;/h2-3,5-6,13H,4,7-10H2,1H3;1H. The molecule has 0 aliphatic carbocycles. The molecule has 1 aliphatic heterocycles. The summed E-state index contributed by atoms with van der Waals surface area (Å²) < 4.78 is 5.38. The molecule has 1 N–H and O–H groups in total. The zero-order chi connectivity index (χ0) is 10.5.